The maximum absolute atomic E-state index is 12.7. The van der Waals surface area contributed by atoms with Gasteiger partial charge >= 0.3 is 0 Å². The van der Waals surface area contributed by atoms with Crippen molar-refractivity contribution in [3.8, 4) is 0 Å². The van der Waals surface area contributed by atoms with Crippen LogP contribution in [0.5, 0.6) is 0 Å². The summed E-state index contributed by atoms with van der Waals surface area (Å²) in [6.45, 7) is 0. The molecule has 0 aliphatic rings. The summed E-state index contributed by atoms with van der Waals surface area (Å²) in [6.07, 6.45) is 4.07. The molecule has 0 amide bonds. The van der Waals surface area contributed by atoms with Gasteiger partial charge in [-0.2, -0.15) is 0 Å². The van der Waals surface area contributed by atoms with Gasteiger partial charge in [-0.25, -0.2) is 4.39 Å². The zero-order chi connectivity index (χ0) is 10.4. The Balaban J connectivity index is 2.46. The number of nitrogen functional groups attached to an aromatic ring is 1. The molecule has 0 bridgehead atoms. The molecule has 14 heavy (non-hydrogen) atoms. The van der Waals surface area contributed by atoms with E-state index < -0.39 is 0 Å². The van der Waals surface area contributed by atoms with Crippen LogP contribution in [0.2, 0.25) is 0 Å². The molecule has 0 aromatic heterocycles. The number of anilines is 1. The van der Waals surface area contributed by atoms with Gasteiger partial charge in [0.05, 0.1) is 0 Å². The fraction of sp³-hybridized carbons (Fsp3) is 0.364. The van der Waals surface area contributed by atoms with Gasteiger partial charge < -0.3 is 10.5 Å². The fourth-order valence-electron chi connectivity index (χ4n) is 1.34. The molecule has 0 radical (unpaired) electrons. The van der Waals surface area contributed by atoms with E-state index in [0.717, 1.165) is 31.1 Å². The van der Waals surface area contributed by atoms with Gasteiger partial charge in [0.15, 0.2) is 0 Å². The molecule has 1 aromatic carbocycles. The number of aryl methyl sites for hydroxylation is 1. The SMILES string of the molecule is Nc1cc(F)ccc1CCCCC=O. The van der Waals surface area contributed by atoms with E-state index in [0.29, 0.717) is 12.1 Å². The lowest BCUT2D eigenvalue weighted by Crippen LogP contribution is -1.95. The molecule has 1 rings (SSSR count). The predicted octanol–water partition coefficient (Wildman–Crippen LogP) is 2.32. The van der Waals surface area contributed by atoms with Crippen molar-refractivity contribution in [1.29, 1.82) is 0 Å². The average Bonchev–Trinajstić information content (AvgIpc) is 2.15. The van der Waals surface area contributed by atoms with Crippen molar-refractivity contribution < 1.29 is 9.18 Å². The monoisotopic (exact) mass is 195 g/mol. The summed E-state index contributed by atoms with van der Waals surface area (Å²) in [5.41, 5.74) is 7.08. The molecule has 3 heteroatoms. The summed E-state index contributed by atoms with van der Waals surface area (Å²) in [6, 6.07) is 4.44. The number of aldehydes is 1. The Kier molecular flexibility index (Phi) is 4.11. The van der Waals surface area contributed by atoms with Gasteiger partial charge in [0.25, 0.3) is 0 Å². The van der Waals surface area contributed by atoms with E-state index in [2.05, 4.69) is 0 Å². The van der Waals surface area contributed by atoms with Crippen molar-refractivity contribution in [2.75, 3.05) is 5.73 Å². The van der Waals surface area contributed by atoms with Gasteiger partial charge in [-0.3, -0.25) is 0 Å². The van der Waals surface area contributed by atoms with Crippen LogP contribution >= 0.6 is 0 Å². The van der Waals surface area contributed by atoms with Crippen LogP contribution in [0, 0.1) is 5.82 Å². The van der Waals surface area contributed by atoms with Crippen LogP contribution in [0.1, 0.15) is 24.8 Å². The van der Waals surface area contributed by atoms with Gasteiger partial charge in [0.2, 0.25) is 0 Å². The van der Waals surface area contributed by atoms with E-state index in [1.54, 1.807) is 6.07 Å². The standard InChI is InChI=1S/C11H14FNO/c12-10-6-5-9(11(13)8-10)4-2-1-3-7-14/h5-8H,1-4,13H2. The van der Waals surface area contributed by atoms with Crippen molar-refractivity contribution in [2.45, 2.75) is 25.7 Å². The molecule has 1 aromatic rings. The molecular formula is C11H14FNO. The number of benzene rings is 1. The van der Waals surface area contributed by atoms with Gasteiger partial charge in [-0.15, -0.1) is 0 Å². The summed E-state index contributed by atoms with van der Waals surface area (Å²) in [7, 11) is 0. The number of hydrogen-bond acceptors (Lipinski definition) is 2. The first kappa shape index (κ1) is 10.7. The topological polar surface area (TPSA) is 43.1 Å². The second-order valence-electron chi connectivity index (χ2n) is 3.26. The van der Waals surface area contributed by atoms with Crippen LogP contribution in [0.15, 0.2) is 18.2 Å². The van der Waals surface area contributed by atoms with E-state index in [1.165, 1.54) is 12.1 Å². The maximum Gasteiger partial charge on any atom is 0.125 e. The normalized spacial score (nSPS) is 10.1. The predicted molar refractivity (Wildman–Crippen MR) is 54.4 cm³/mol. The highest BCUT2D eigenvalue weighted by atomic mass is 19.1. The van der Waals surface area contributed by atoms with Crippen LogP contribution in [-0.2, 0) is 11.2 Å². The molecule has 0 saturated carbocycles. The minimum atomic E-state index is -0.306. The lowest BCUT2D eigenvalue weighted by molar-refractivity contribution is -0.107. The van der Waals surface area contributed by atoms with Gasteiger partial charge in [-0.1, -0.05) is 6.07 Å². The highest BCUT2D eigenvalue weighted by Gasteiger charge is 2.00. The molecule has 2 nitrogen and oxygen atoms in total. The zero-order valence-corrected chi connectivity index (χ0v) is 8.00. The van der Waals surface area contributed by atoms with Crippen molar-refractivity contribution in [3.63, 3.8) is 0 Å². The number of nitrogens with two attached hydrogens (primary N) is 1. The number of halogens is 1. The van der Waals surface area contributed by atoms with Crippen LogP contribution in [0.25, 0.3) is 0 Å². The first-order valence-electron chi connectivity index (χ1n) is 4.71. The summed E-state index contributed by atoms with van der Waals surface area (Å²) in [4.78, 5) is 10.1. The second kappa shape index (κ2) is 5.37. The Morgan fingerprint density at radius 1 is 1.36 bits per heavy atom. The molecule has 0 saturated heterocycles. The van der Waals surface area contributed by atoms with Gasteiger partial charge in [-0.05, 0) is 37.0 Å². The Morgan fingerprint density at radius 3 is 2.79 bits per heavy atom. The number of unbranched alkanes of at least 4 members (excludes halogenated alkanes) is 2. The minimum Gasteiger partial charge on any atom is -0.398 e. The Bertz CT molecular complexity index is 312. The molecule has 0 aliphatic carbocycles. The molecule has 2 N–H and O–H groups in total. The third kappa shape index (κ3) is 3.17. The number of rotatable bonds is 5. The van der Waals surface area contributed by atoms with Crippen LogP contribution in [0.3, 0.4) is 0 Å². The van der Waals surface area contributed by atoms with Crippen molar-refractivity contribution >= 4 is 12.0 Å². The zero-order valence-electron chi connectivity index (χ0n) is 8.00. The smallest absolute Gasteiger partial charge is 0.125 e. The second-order valence-corrected chi connectivity index (χ2v) is 3.26. The van der Waals surface area contributed by atoms with Crippen molar-refractivity contribution in [3.05, 3.63) is 29.6 Å². The largest absolute Gasteiger partial charge is 0.398 e. The quantitative estimate of drug-likeness (QED) is 0.445. The average molecular weight is 195 g/mol. The molecule has 0 atom stereocenters. The Hall–Kier alpha value is -1.38. The molecule has 0 heterocycles. The molecule has 76 valence electrons. The highest BCUT2D eigenvalue weighted by molar-refractivity contribution is 5.49. The lowest BCUT2D eigenvalue weighted by atomic mass is 10.1. The summed E-state index contributed by atoms with van der Waals surface area (Å²) in [5.74, 6) is -0.306. The number of carbonyl (C=O) groups is 1. The molecule has 0 unspecified atom stereocenters. The van der Waals surface area contributed by atoms with E-state index in [9.17, 15) is 9.18 Å². The van der Waals surface area contributed by atoms with Crippen molar-refractivity contribution in [1.82, 2.24) is 0 Å². The maximum atomic E-state index is 12.7. The van der Waals surface area contributed by atoms with Crippen LogP contribution in [-0.4, -0.2) is 6.29 Å². The first-order chi connectivity index (χ1) is 6.74. The number of hydrogen-bond donors (Lipinski definition) is 1. The van der Waals surface area contributed by atoms with E-state index >= 15 is 0 Å². The summed E-state index contributed by atoms with van der Waals surface area (Å²) >= 11 is 0. The highest BCUT2D eigenvalue weighted by Crippen LogP contribution is 2.16. The van der Waals surface area contributed by atoms with E-state index in [4.69, 9.17) is 5.73 Å². The number of carbonyl (C=O) groups excluding carboxylic acids is 1. The van der Waals surface area contributed by atoms with Gasteiger partial charge in [0.1, 0.15) is 12.1 Å². The minimum absolute atomic E-state index is 0.306. The first-order valence-corrected chi connectivity index (χ1v) is 4.71. The molecular weight excluding hydrogens is 181 g/mol. The third-order valence-corrected chi connectivity index (χ3v) is 2.13. The van der Waals surface area contributed by atoms with E-state index in [-0.39, 0.29) is 5.82 Å². The summed E-state index contributed by atoms with van der Waals surface area (Å²) < 4.78 is 12.7. The van der Waals surface area contributed by atoms with Crippen molar-refractivity contribution in [2.24, 2.45) is 0 Å². The van der Waals surface area contributed by atoms with Crippen LogP contribution in [0.4, 0.5) is 10.1 Å². The molecule has 0 spiro atoms. The molecule has 0 aliphatic heterocycles. The Morgan fingerprint density at radius 2 is 2.14 bits per heavy atom. The van der Waals surface area contributed by atoms with Gasteiger partial charge in [0, 0.05) is 12.1 Å². The van der Waals surface area contributed by atoms with E-state index in [1.807, 2.05) is 0 Å². The Labute approximate surface area is 82.9 Å². The third-order valence-electron chi connectivity index (χ3n) is 2.13. The molecule has 0 fully saturated rings. The fourth-order valence-corrected chi connectivity index (χ4v) is 1.34. The summed E-state index contributed by atoms with van der Waals surface area (Å²) in [5, 5.41) is 0. The van der Waals surface area contributed by atoms with Crippen LogP contribution < -0.4 is 5.73 Å². The lowest BCUT2D eigenvalue weighted by Gasteiger charge is -2.04.